The Bertz CT molecular complexity index is 568. The average Bonchev–Trinajstić information content (AvgIpc) is 2.47. The monoisotopic (exact) mass is 255 g/mol. The highest BCUT2D eigenvalue weighted by atomic mass is 16.6. The predicted molar refractivity (Wildman–Crippen MR) is 72.0 cm³/mol. The fourth-order valence-electron chi connectivity index (χ4n) is 1.38. The van der Waals surface area contributed by atoms with E-state index >= 15 is 0 Å². The lowest BCUT2D eigenvalue weighted by Gasteiger charge is -2.03. The van der Waals surface area contributed by atoms with Crippen LogP contribution >= 0.6 is 0 Å². The second kappa shape index (κ2) is 6.30. The maximum absolute atomic E-state index is 11.5. The lowest BCUT2D eigenvalue weighted by Crippen LogP contribution is -2.23. The minimum absolute atomic E-state index is 0.464. The molecule has 0 aliphatic heterocycles. The van der Waals surface area contributed by atoms with Gasteiger partial charge >= 0.3 is 6.09 Å². The molecule has 5 nitrogen and oxygen atoms in total. The van der Waals surface area contributed by atoms with Gasteiger partial charge in [0.25, 0.3) is 0 Å². The van der Waals surface area contributed by atoms with E-state index in [1.807, 2.05) is 24.3 Å². The molecule has 0 spiro atoms. The van der Waals surface area contributed by atoms with Crippen LogP contribution < -0.4 is 10.2 Å². The maximum atomic E-state index is 11.5. The summed E-state index contributed by atoms with van der Waals surface area (Å²) in [7, 11) is 0. The summed E-state index contributed by atoms with van der Waals surface area (Å²) in [4.78, 5) is 15.6. The van der Waals surface area contributed by atoms with Gasteiger partial charge in [-0.3, -0.25) is 4.98 Å². The molecular weight excluding hydrogens is 242 g/mol. The zero-order chi connectivity index (χ0) is 13.5. The third-order valence-corrected chi connectivity index (χ3v) is 2.30. The fraction of sp³-hybridized carbons (Fsp3) is 0.0714. The first-order valence-electron chi connectivity index (χ1n) is 5.74. The van der Waals surface area contributed by atoms with Gasteiger partial charge in [0.05, 0.1) is 11.4 Å². The van der Waals surface area contributed by atoms with Crippen molar-refractivity contribution in [1.82, 2.24) is 10.4 Å². The molecule has 1 amide bonds. The fourth-order valence-corrected chi connectivity index (χ4v) is 1.38. The van der Waals surface area contributed by atoms with Gasteiger partial charge in [0.1, 0.15) is 5.75 Å². The molecule has 0 aliphatic rings. The first-order chi connectivity index (χ1) is 9.25. The number of carbonyl (C=O) groups is 1. The van der Waals surface area contributed by atoms with Crippen LogP contribution in [0.15, 0.2) is 59.8 Å². The summed E-state index contributed by atoms with van der Waals surface area (Å²) >= 11 is 0. The summed E-state index contributed by atoms with van der Waals surface area (Å²) in [6.07, 6.45) is 1.03. The largest absolute Gasteiger partial charge is 0.433 e. The van der Waals surface area contributed by atoms with Crippen LogP contribution in [0.1, 0.15) is 12.6 Å². The number of hydrazone groups is 1. The standard InChI is InChI=1S/C14H13N3O2/c1-11(13-9-5-6-10-15-13)16-17-14(18)19-12-7-3-2-4-8-12/h2-10H,1H3,(H,17,18)/b16-11-. The molecule has 1 aromatic carbocycles. The van der Waals surface area contributed by atoms with E-state index in [9.17, 15) is 4.79 Å². The first kappa shape index (κ1) is 12.8. The quantitative estimate of drug-likeness (QED) is 0.677. The second-order valence-electron chi connectivity index (χ2n) is 3.73. The van der Waals surface area contributed by atoms with Gasteiger partial charge in [0, 0.05) is 6.20 Å². The average molecular weight is 255 g/mol. The Morgan fingerprint density at radius 1 is 1.16 bits per heavy atom. The van der Waals surface area contributed by atoms with Crippen molar-refractivity contribution >= 4 is 11.8 Å². The van der Waals surface area contributed by atoms with E-state index in [1.54, 1.807) is 37.4 Å². The normalized spacial score (nSPS) is 10.9. The van der Waals surface area contributed by atoms with Gasteiger partial charge in [-0.2, -0.15) is 5.10 Å². The van der Waals surface area contributed by atoms with Gasteiger partial charge in [-0.1, -0.05) is 24.3 Å². The molecule has 0 radical (unpaired) electrons. The van der Waals surface area contributed by atoms with Crippen LogP contribution in [0.3, 0.4) is 0 Å². The molecule has 2 rings (SSSR count). The molecule has 0 aliphatic carbocycles. The number of pyridine rings is 1. The Kier molecular flexibility index (Phi) is 4.23. The van der Waals surface area contributed by atoms with Gasteiger partial charge in [0.2, 0.25) is 0 Å². The van der Waals surface area contributed by atoms with E-state index < -0.39 is 6.09 Å². The van der Waals surface area contributed by atoms with Crippen molar-refractivity contribution in [2.75, 3.05) is 0 Å². The highest BCUT2D eigenvalue weighted by Crippen LogP contribution is 2.08. The van der Waals surface area contributed by atoms with Crippen LogP contribution in [-0.4, -0.2) is 16.8 Å². The van der Waals surface area contributed by atoms with E-state index in [0.29, 0.717) is 17.2 Å². The van der Waals surface area contributed by atoms with Crippen LogP contribution in [0.25, 0.3) is 0 Å². The molecular formula is C14H13N3O2. The molecule has 19 heavy (non-hydrogen) atoms. The van der Waals surface area contributed by atoms with E-state index in [-0.39, 0.29) is 0 Å². The Morgan fingerprint density at radius 2 is 1.89 bits per heavy atom. The number of nitrogens with one attached hydrogen (secondary N) is 1. The smallest absolute Gasteiger partial charge is 0.409 e. The van der Waals surface area contributed by atoms with Crippen molar-refractivity contribution < 1.29 is 9.53 Å². The summed E-state index contributed by atoms with van der Waals surface area (Å²) in [6, 6.07) is 14.3. The van der Waals surface area contributed by atoms with Crippen LogP contribution in [0.5, 0.6) is 5.75 Å². The molecule has 1 aromatic heterocycles. The highest BCUT2D eigenvalue weighted by Gasteiger charge is 2.03. The number of ether oxygens (including phenoxy) is 1. The molecule has 2 aromatic rings. The summed E-state index contributed by atoms with van der Waals surface area (Å²) in [5.41, 5.74) is 3.62. The maximum Gasteiger partial charge on any atom is 0.433 e. The zero-order valence-corrected chi connectivity index (χ0v) is 10.4. The van der Waals surface area contributed by atoms with Crippen molar-refractivity contribution in [3.8, 4) is 5.75 Å². The second-order valence-corrected chi connectivity index (χ2v) is 3.73. The van der Waals surface area contributed by atoms with E-state index in [2.05, 4.69) is 15.5 Å². The van der Waals surface area contributed by atoms with E-state index in [0.717, 1.165) is 0 Å². The topological polar surface area (TPSA) is 63.6 Å². The highest BCUT2D eigenvalue weighted by molar-refractivity contribution is 5.97. The Morgan fingerprint density at radius 3 is 2.58 bits per heavy atom. The van der Waals surface area contributed by atoms with Gasteiger partial charge in [-0.25, -0.2) is 10.2 Å². The predicted octanol–water partition coefficient (Wildman–Crippen LogP) is 2.59. The van der Waals surface area contributed by atoms with Gasteiger partial charge in [0.15, 0.2) is 0 Å². The minimum atomic E-state index is -0.638. The molecule has 0 bridgehead atoms. The molecule has 1 N–H and O–H groups in total. The zero-order valence-electron chi connectivity index (χ0n) is 10.4. The minimum Gasteiger partial charge on any atom is -0.409 e. The van der Waals surface area contributed by atoms with Gasteiger partial charge in [-0.05, 0) is 31.2 Å². The number of carbonyl (C=O) groups excluding carboxylic acids is 1. The van der Waals surface area contributed by atoms with Crippen molar-refractivity contribution in [1.29, 1.82) is 0 Å². The summed E-state index contributed by atoms with van der Waals surface area (Å²) in [5, 5.41) is 3.92. The number of nitrogens with zero attached hydrogens (tertiary/aromatic N) is 2. The Hall–Kier alpha value is -2.69. The third kappa shape index (κ3) is 3.92. The van der Waals surface area contributed by atoms with Gasteiger partial charge in [-0.15, -0.1) is 0 Å². The Labute approximate surface area is 110 Å². The number of aromatic nitrogens is 1. The molecule has 96 valence electrons. The molecule has 0 saturated heterocycles. The summed E-state index contributed by atoms with van der Waals surface area (Å²) in [5.74, 6) is 0.464. The lowest BCUT2D eigenvalue weighted by atomic mass is 10.3. The number of hydrogen-bond acceptors (Lipinski definition) is 4. The SMILES string of the molecule is C/C(=N/NC(=O)Oc1ccccc1)c1ccccn1. The number of amides is 1. The number of benzene rings is 1. The third-order valence-electron chi connectivity index (χ3n) is 2.30. The first-order valence-corrected chi connectivity index (χ1v) is 5.74. The number of rotatable bonds is 3. The van der Waals surface area contributed by atoms with Crippen molar-refractivity contribution in [3.63, 3.8) is 0 Å². The lowest BCUT2D eigenvalue weighted by molar-refractivity contribution is 0.201. The van der Waals surface area contributed by atoms with Crippen molar-refractivity contribution in [2.45, 2.75) is 6.92 Å². The van der Waals surface area contributed by atoms with Crippen molar-refractivity contribution in [2.24, 2.45) is 5.10 Å². The molecule has 0 fully saturated rings. The van der Waals surface area contributed by atoms with Crippen molar-refractivity contribution in [3.05, 3.63) is 60.4 Å². The molecule has 0 saturated carbocycles. The van der Waals surface area contributed by atoms with Crippen LogP contribution in [0.4, 0.5) is 4.79 Å². The van der Waals surface area contributed by atoms with Gasteiger partial charge < -0.3 is 4.74 Å². The molecule has 1 heterocycles. The number of hydrogen-bond donors (Lipinski definition) is 1. The molecule has 0 atom stereocenters. The molecule has 0 unspecified atom stereocenters. The van der Waals surface area contributed by atoms with Crippen LogP contribution in [0.2, 0.25) is 0 Å². The molecule has 5 heteroatoms. The summed E-state index contributed by atoms with van der Waals surface area (Å²) in [6.45, 7) is 1.76. The van der Waals surface area contributed by atoms with E-state index in [1.165, 1.54) is 0 Å². The van der Waals surface area contributed by atoms with Crippen LogP contribution in [0, 0.1) is 0 Å². The summed E-state index contributed by atoms with van der Waals surface area (Å²) < 4.78 is 5.02. The van der Waals surface area contributed by atoms with E-state index in [4.69, 9.17) is 4.74 Å². The Balaban J connectivity index is 1.93. The number of para-hydroxylation sites is 1. The van der Waals surface area contributed by atoms with Crippen LogP contribution in [-0.2, 0) is 0 Å².